The normalized spacial score (nSPS) is 11.2. The highest BCUT2D eigenvalue weighted by atomic mass is 16.5. The summed E-state index contributed by atoms with van der Waals surface area (Å²) < 4.78 is 7.21. The van der Waals surface area contributed by atoms with Crippen molar-refractivity contribution < 1.29 is 9.53 Å². The summed E-state index contributed by atoms with van der Waals surface area (Å²) in [6.07, 6.45) is 4.31. The van der Waals surface area contributed by atoms with E-state index in [2.05, 4.69) is 46.5 Å². The molecule has 0 radical (unpaired) electrons. The van der Waals surface area contributed by atoms with Gasteiger partial charge in [0.25, 0.3) is 0 Å². The van der Waals surface area contributed by atoms with Gasteiger partial charge in [-0.25, -0.2) is 4.79 Å². The van der Waals surface area contributed by atoms with Crippen molar-refractivity contribution in [1.29, 1.82) is 0 Å². The molecule has 0 saturated carbocycles. The fraction of sp³-hybridized carbons (Fsp3) is 0.280. The maximum Gasteiger partial charge on any atom is 0.434 e. The lowest BCUT2D eigenvalue weighted by Gasteiger charge is -2.05. The van der Waals surface area contributed by atoms with E-state index in [1.807, 2.05) is 42.6 Å². The molecule has 3 aromatic rings. The molecule has 1 aromatic heterocycles. The number of carbonyl (C=O) groups is 1. The number of amides is 1. The Bertz CT molecular complexity index is 1050. The molecule has 3 rings (SSSR count). The highest BCUT2D eigenvalue weighted by Gasteiger charge is 2.14. The topological polar surface area (TPSA) is 43.6 Å². The molecule has 0 atom stereocenters. The molecule has 0 aliphatic carbocycles. The van der Waals surface area contributed by atoms with Crippen LogP contribution >= 0.6 is 0 Å². The molecular formula is C25H26N2O2. The number of benzene rings is 2. The average molecular weight is 386 g/mol. The predicted molar refractivity (Wildman–Crippen MR) is 118 cm³/mol. The third-order valence-corrected chi connectivity index (χ3v) is 4.57. The number of hydrogen-bond donors (Lipinski definition) is 0. The van der Waals surface area contributed by atoms with E-state index in [0.717, 1.165) is 42.3 Å². The van der Waals surface area contributed by atoms with Crippen molar-refractivity contribution >= 4 is 22.7 Å². The van der Waals surface area contributed by atoms with Gasteiger partial charge in [-0.3, -0.25) is 0 Å². The molecule has 0 saturated heterocycles. The zero-order chi connectivity index (χ0) is 20.5. The van der Waals surface area contributed by atoms with E-state index in [-0.39, 0.29) is 6.61 Å². The molecule has 4 nitrogen and oxygen atoms in total. The SMILES string of the molecule is CCCCC#C/C(=N\C(=O)OCC)c1cn(Cc2ccccc2)c2ccccc12. The number of hydrogen-bond acceptors (Lipinski definition) is 2. The van der Waals surface area contributed by atoms with Crippen LogP contribution in [0, 0.1) is 11.8 Å². The van der Waals surface area contributed by atoms with Crippen molar-refractivity contribution in [2.75, 3.05) is 6.61 Å². The minimum Gasteiger partial charge on any atom is -0.448 e. The van der Waals surface area contributed by atoms with Crippen LogP contribution in [0.3, 0.4) is 0 Å². The van der Waals surface area contributed by atoms with Crippen LogP contribution in [0.5, 0.6) is 0 Å². The summed E-state index contributed by atoms with van der Waals surface area (Å²) in [7, 11) is 0. The Hall–Kier alpha value is -3.32. The van der Waals surface area contributed by atoms with Crippen LogP contribution in [-0.2, 0) is 11.3 Å². The number of para-hydroxylation sites is 1. The zero-order valence-corrected chi connectivity index (χ0v) is 17.0. The van der Waals surface area contributed by atoms with Gasteiger partial charge in [-0.15, -0.1) is 0 Å². The van der Waals surface area contributed by atoms with E-state index in [4.69, 9.17) is 4.74 Å². The number of unbranched alkanes of at least 4 members (excludes halogenated alkanes) is 2. The summed E-state index contributed by atoms with van der Waals surface area (Å²) in [6, 6.07) is 18.4. The van der Waals surface area contributed by atoms with Crippen molar-refractivity contribution in [3.63, 3.8) is 0 Å². The summed E-state index contributed by atoms with van der Waals surface area (Å²) in [5.41, 5.74) is 3.60. The maximum absolute atomic E-state index is 12.1. The lowest BCUT2D eigenvalue weighted by Crippen LogP contribution is -2.05. The molecule has 148 valence electrons. The molecule has 2 aromatic carbocycles. The molecule has 0 aliphatic heterocycles. The van der Waals surface area contributed by atoms with Crippen LogP contribution in [0.1, 0.15) is 44.2 Å². The van der Waals surface area contributed by atoms with E-state index in [1.54, 1.807) is 6.92 Å². The summed E-state index contributed by atoms with van der Waals surface area (Å²) in [5, 5.41) is 1.02. The monoisotopic (exact) mass is 386 g/mol. The summed E-state index contributed by atoms with van der Waals surface area (Å²) in [4.78, 5) is 16.2. The number of fused-ring (bicyclic) bond motifs is 1. The summed E-state index contributed by atoms with van der Waals surface area (Å²) >= 11 is 0. The third-order valence-electron chi connectivity index (χ3n) is 4.57. The first-order chi connectivity index (χ1) is 14.2. The lowest BCUT2D eigenvalue weighted by atomic mass is 10.1. The van der Waals surface area contributed by atoms with E-state index >= 15 is 0 Å². The van der Waals surface area contributed by atoms with E-state index < -0.39 is 6.09 Å². The van der Waals surface area contributed by atoms with Gasteiger partial charge in [-0.1, -0.05) is 67.8 Å². The Morgan fingerprint density at radius 3 is 2.59 bits per heavy atom. The quantitative estimate of drug-likeness (QED) is 0.304. The van der Waals surface area contributed by atoms with Crippen molar-refractivity contribution in [3.05, 3.63) is 71.9 Å². The Morgan fingerprint density at radius 1 is 1.07 bits per heavy atom. The molecule has 1 amide bonds. The van der Waals surface area contributed by atoms with Gasteiger partial charge < -0.3 is 9.30 Å². The van der Waals surface area contributed by atoms with Crippen LogP contribution in [0.2, 0.25) is 0 Å². The molecular weight excluding hydrogens is 360 g/mol. The second kappa shape index (κ2) is 10.3. The second-order valence-corrected chi connectivity index (χ2v) is 6.74. The third kappa shape index (κ3) is 5.36. The van der Waals surface area contributed by atoms with Gasteiger partial charge in [0.05, 0.1) is 6.61 Å². The predicted octanol–water partition coefficient (Wildman–Crippen LogP) is 5.83. The average Bonchev–Trinajstić information content (AvgIpc) is 3.10. The van der Waals surface area contributed by atoms with Gasteiger partial charge in [-0.2, -0.15) is 4.99 Å². The van der Waals surface area contributed by atoms with Crippen molar-refractivity contribution in [2.24, 2.45) is 4.99 Å². The Kier molecular flexibility index (Phi) is 7.24. The molecule has 4 heteroatoms. The molecule has 29 heavy (non-hydrogen) atoms. The summed E-state index contributed by atoms with van der Waals surface area (Å²) in [6.45, 7) is 4.92. The highest BCUT2D eigenvalue weighted by Crippen LogP contribution is 2.23. The largest absolute Gasteiger partial charge is 0.448 e. The molecule has 1 heterocycles. The lowest BCUT2D eigenvalue weighted by molar-refractivity contribution is 0.163. The number of carbonyl (C=O) groups excluding carboxylic acids is 1. The van der Waals surface area contributed by atoms with Crippen LogP contribution in [0.4, 0.5) is 4.79 Å². The molecule has 0 aliphatic rings. The smallest absolute Gasteiger partial charge is 0.434 e. The minimum atomic E-state index is -0.604. The van der Waals surface area contributed by atoms with Gasteiger partial charge in [0.2, 0.25) is 0 Å². The number of ether oxygens (including phenoxy) is 1. The first kappa shape index (κ1) is 20.4. The van der Waals surface area contributed by atoms with Crippen molar-refractivity contribution in [1.82, 2.24) is 4.57 Å². The van der Waals surface area contributed by atoms with E-state index in [9.17, 15) is 4.79 Å². The van der Waals surface area contributed by atoms with Gasteiger partial charge in [0.15, 0.2) is 0 Å². The van der Waals surface area contributed by atoms with Crippen LogP contribution in [0.25, 0.3) is 10.9 Å². The van der Waals surface area contributed by atoms with Crippen LogP contribution in [0.15, 0.2) is 65.8 Å². The summed E-state index contributed by atoms with van der Waals surface area (Å²) in [5.74, 6) is 6.27. The molecule has 0 spiro atoms. The molecule has 0 N–H and O–H groups in total. The highest BCUT2D eigenvalue weighted by molar-refractivity contribution is 6.22. The zero-order valence-electron chi connectivity index (χ0n) is 17.0. The van der Waals surface area contributed by atoms with Crippen molar-refractivity contribution in [2.45, 2.75) is 39.7 Å². The fourth-order valence-corrected chi connectivity index (χ4v) is 3.16. The Labute approximate surface area is 172 Å². The molecule has 0 fully saturated rings. The number of aromatic nitrogens is 1. The first-order valence-corrected chi connectivity index (χ1v) is 10.1. The second-order valence-electron chi connectivity index (χ2n) is 6.74. The molecule has 0 bridgehead atoms. The number of nitrogens with zero attached hydrogens (tertiary/aromatic N) is 2. The minimum absolute atomic E-state index is 0.286. The number of aliphatic imine (C=N–C) groups is 1. The van der Waals surface area contributed by atoms with Gasteiger partial charge >= 0.3 is 6.09 Å². The number of rotatable bonds is 6. The van der Waals surface area contributed by atoms with Gasteiger partial charge in [0.1, 0.15) is 5.71 Å². The Morgan fingerprint density at radius 2 is 1.83 bits per heavy atom. The van der Waals surface area contributed by atoms with Gasteiger partial charge in [-0.05, 0) is 30.9 Å². The first-order valence-electron chi connectivity index (χ1n) is 10.1. The van der Waals surface area contributed by atoms with E-state index in [0.29, 0.717) is 5.71 Å². The molecule has 0 unspecified atom stereocenters. The fourth-order valence-electron chi connectivity index (χ4n) is 3.16. The maximum atomic E-state index is 12.1. The van der Waals surface area contributed by atoms with Crippen LogP contribution in [-0.4, -0.2) is 23.0 Å². The van der Waals surface area contributed by atoms with Gasteiger partial charge in [0, 0.05) is 35.6 Å². The van der Waals surface area contributed by atoms with Crippen molar-refractivity contribution in [3.8, 4) is 11.8 Å². The van der Waals surface area contributed by atoms with E-state index in [1.165, 1.54) is 5.56 Å². The Balaban J connectivity index is 2.05. The van der Waals surface area contributed by atoms with Crippen LogP contribution < -0.4 is 0 Å². The standard InChI is InChI=1S/C25H26N2O2/c1-3-5-6-10-16-23(26-25(28)29-4-2)22-19-27(18-20-13-8-7-9-14-20)24-17-12-11-15-21(22)24/h7-9,11-15,17,19H,3-6,18H2,1-2H3/b26-23+.